The van der Waals surface area contributed by atoms with Crippen molar-refractivity contribution in [3.63, 3.8) is 0 Å². The number of benzene rings is 1. The number of hydrogen-bond acceptors (Lipinski definition) is 8. The normalized spacial score (nSPS) is 15.7. The van der Waals surface area contributed by atoms with Gasteiger partial charge in [0.2, 0.25) is 10.0 Å². The summed E-state index contributed by atoms with van der Waals surface area (Å²) >= 11 is 1.94. The Hall–Kier alpha value is -2.23. The summed E-state index contributed by atoms with van der Waals surface area (Å²) in [6, 6.07) is 5.54. The third-order valence-corrected chi connectivity index (χ3v) is 9.12. The van der Waals surface area contributed by atoms with E-state index in [2.05, 4.69) is 5.32 Å². The van der Waals surface area contributed by atoms with Gasteiger partial charge in [-0.15, -0.1) is 0 Å². The largest absolute Gasteiger partial charge is 0.443 e. The van der Waals surface area contributed by atoms with Gasteiger partial charge >= 0.3 is 6.09 Å². The van der Waals surface area contributed by atoms with Crippen LogP contribution in [0, 0.1) is 16.3 Å². The molecule has 13 heteroatoms. The summed E-state index contributed by atoms with van der Waals surface area (Å²) in [5.41, 5.74) is -1.71. The first-order valence-electron chi connectivity index (χ1n) is 11.5. The molecule has 1 amide bonds. The minimum atomic E-state index is -4.56. The standard InChI is InChI=1S/C24H31FIN3O7S/c1-14-10-19(20(28(5)21(14)32)27-18-7-6-15(26)11-17(18)25)29(22(33)36-23(2,3)4)37(34,35)24(8-9-24)12-16(31)13-30/h6-7,10-11,16,27,30-31H,8-9,12-13H2,1-5H3. The van der Waals surface area contributed by atoms with E-state index in [0.717, 1.165) is 4.57 Å². The maximum Gasteiger partial charge on any atom is 0.429 e. The Kier molecular flexibility index (Phi) is 8.32. The number of aryl methyl sites for hydroxylation is 1. The summed E-state index contributed by atoms with van der Waals surface area (Å²) in [5.74, 6) is -0.800. The molecule has 1 aliphatic carbocycles. The van der Waals surface area contributed by atoms with Crippen molar-refractivity contribution in [2.45, 2.75) is 63.4 Å². The molecule has 3 N–H and O–H groups in total. The monoisotopic (exact) mass is 651 g/mol. The highest BCUT2D eigenvalue weighted by Crippen LogP contribution is 2.50. The van der Waals surface area contributed by atoms with Crippen LogP contribution in [0.3, 0.4) is 0 Å². The van der Waals surface area contributed by atoms with Gasteiger partial charge < -0.3 is 20.3 Å². The lowest BCUT2D eigenvalue weighted by atomic mass is 10.2. The van der Waals surface area contributed by atoms with E-state index in [4.69, 9.17) is 4.74 Å². The molecule has 10 nitrogen and oxygen atoms in total. The molecule has 1 saturated carbocycles. The van der Waals surface area contributed by atoms with E-state index in [1.54, 1.807) is 26.8 Å². The average molecular weight is 651 g/mol. The number of nitrogens with zero attached hydrogens (tertiary/aromatic N) is 2. The first kappa shape index (κ1) is 29.3. The van der Waals surface area contributed by atoms with Crippen LogP contribution in [0.4, 0.5) is 26.4 Å². The Labute approximate surface area is 228 Å². The SMILES string of the molecule is Cc1cc(N(C(=O)OC(C)(C)C)S(=O)(=O)C2(CC(O)CO)CC2)c(Nc2ccc(I)cc2F)n(C)c1=O. The van der Waals surface area contributed by atoms with Gasteiger partial charge in [-0.3, -0.25) is 9.36 Å². The predicted octanol–water partition coefficient (Wildman–Crippen LogP) is 3.53. The topological polar surface area (TPSA) is 138 Å². The molecule has 1 fully saturated rings. The van der Waals surface area contributed by atoms with E-state index in [9.17, 15) is 32.6 Å². The second-order valence-corrected chi connectivity index (χ2v) is 13.6. The average Bonchev–Trinajstić information content (AvgIpc) is 3.56. The van der Waals surface area contributed by atoms with E-state index >= 15 is 0 Å². The summed E-state index contributed by atoms with van der Waals surface area (Å²) < 4.78 is 49.0. The number of amides is 1. The second kappa shape index (κ2) is 10.5. The zero-order chi connectivity index (χ0) is 27.9. The van der Waals surface area contributed by atoms with E-state index in [-0.39, 0.29) is 42.0 Å². The first-order chi connectivity index (χ1) is 17.0. The Morgan fingerprint density at radius 2 is 1.95 bits per heavy atom. The van der Waals surface area contributed by atoms with Crippen LogP contribution in [0.5, 0.6) is 0 Å². The summed E-state index contributed by atoms with van der Waals surface area (Å²) in [4.78, 5) is 26.3. The zero-order valence-electron chi connectivity index (χ0n) is 21.2. The van der Waals surface area contributed by atoms with E-state index < -0.39 is 50.6 Å². The van der Waals surface area contributed by atoms with Crippen molar-refractivity contribution >= 4 is 55.9 Å². The highest BCUT2D eigenvalue weighted by atomic mass is 127. The molecular formula is C24H31FIN3O7S. The summed E-state index contributed by atoms with van der Waals surface area (Å²) in [7, 11) is -3.19. The van der Waals surface area contributed by atoms with Crippen LogP contribution >= 0.6 is 22.6 Å². The molecule has 1 aromatic carbocycles. The fraction of sp³-hybridized carbons (Fsp3) is 0.500. The fourth-order valence-corrected chi connectivity index (χ4v) is 6.41. The van der Waals surface area contributed by atoms with Crippen molar-refractivity contribution in [2.24, 2.45) is 7.05 Å². The quantitative estimate of drug-likeness (QED) is 0.369. The molecule has 1 atom stereocenters. The van der Waals surface area contributed by atoms with E-state index in [1.165, 1.54) is 32.2 Å². The maximum absolute atomic E-state index is 14.7. The maximum atomic E-state index is 14.7. The summed E-state index contributed by atoms with van der Waals surface area (Å²) in [6.45, 7) is 5.53. The number of aliphatic hydroxyl groups excluding tert-OH is 2. The van der Waals surface area contributed by atoms with Gasteiger partial charge in [-0.25, -0.2) is 17.6 Å². The van der Waals surface area contributed by atoms with Crippen LogP contribution in [0.2, 0.25) is 0 Å². The van der Waals surface area contributed by atoms with Crippen LogP contribution < -0.4 is 15.2 Å². The third-order valence-electron chi connectivity index (χ3n) is 5.95. The smallest absolute Gasteiger partial charge is 0.429 e. The van der Waals surface area contributed by atoms with Crippen molar-refractivity contribution in [2.75, 3.05) is 16.2 Å². The van der Waals surface area contributed by atoms with Gasteiger partial charge in [-0.05, 0) is 93.8 Å². The minimum Gasteiger partial charge on any atom is -0.443 e. The Bertz CT molecular complexity index is 1370. The number of halogens is 2. The number of carbonyl (C=O) groups excluding carboxylic acids is 1. The lowest BCUT2D eigenvalue weighted by Gasteiger charge is -2.32. The molecule has 0 aliphatic heterocycles. The molecule has 0 saturated heterocycles. The molecule has 2 aromatic rings. The number of ether oxygens (including phenoxy) is 1. The number of carbonyl (C=O) groups is 1. The Morgan fingerprint density at radius 3 is 2.46 bits per heavy atom. The van der Waals surface area contributed by atoms with Crippen LogP contribution in [0.1, 0.15) is 45.6 Å². The Balaban J connectivity index is 2.27. The van der Waals surface area contributed by atoms with E-state index in [0.29, 0.717) is 7.88 Å². The molecule has 204 valence electrons. The van der Waals surface area contributed by atoms with Crippen LogP contribution in [0.25, 0.3) is 0 Å². The van der Waals surface area contributed by atoms with Gasteiger partial charge in [0.05, 0.1) is 23.1 Å². The number of anilines is 3. The van der Waals surface area contributed by atoms with Crippen molar-refractivity contribution < 1.29 is 32.6 Å². The van der Waals surface area contributed by atoms with E-state index in [1.807, 2.05) is 22.6 Å². The van der Waals surface area contributed by atoms with Gasteiger partial charge in [-0.2, -0.15) is 4.31 Å². The fourth-order valence-electron chi connectivity index (χ4n) is 3.92. The molecule has 3 rings (SSSR count). The number of aliphatic hydroxyl groups is 2. The number of pyridine rings is 1. The molecule has 0 radical (unpaired) electrons. The number of sulfonamides is 1. The summed E-state index contributed by atoms with van der Waals surface area (Å²) in [5, 5.41) is 22.2. The molecular weight excluding hydrogens is 620 g/mol. The number of aromatic nitrogens is 1. The molecule has 1 heterocycles. The first-order valence-corrected chi connectivity index (χ1v) is 14.0. The van der Waals surface area contributed by atoms with Crippen LogP contribution in [-0.2, 0) is 21.8 Å². The van der Waals surface area contributed by atoms with Gasteiger partial charge in [0, 0.05) is 16.2 Å². The number of hydrogen-bond donors (Lipinski definition) is 3. The molecule has 0 bridgehead atoms. The predicted molar refractivity (Wildman–Crippen MR) is 146 cm³/mol. The van der Waals surface area contributed by atoms with Crippen LogP contribution in [-0.4, -0.2) is 52.4 Å². The van der Waals surface area contributed by atoms with Crippen molar-refractivity contribution in [1.82, 2.24) is 4.57 Å². The zero-order valence-corrected chi connectivity index (χ0v) is 24.2. The van der Waals surface area contributed by atoms with Crippen molar-refractivity contribution in [3.05, 3.63) is 49.6 Å². The molecule has 1 unspecified atom stereocenters. The molecule has 37 heavy (non-hydrogen) atoms. The van der Waals surface area contributed by atoms with Crippen molar-refractivity contribution in [1.29, 1.82) is 0 Å². The second-order valence-electron chi connectivity index (χ2n) is 10.1. The highest BCUT2D eigenvalue weighted by Gasteiger charge is 2.60. The number of rotatable bonds is 8. The van der Waals surface area contributed by atoms with Crippen molar-refractivity contribution in [3.8, 4) is 0 Å². The highest BCUT2D eigenvalue weighted by molar-refractivity contribution is 14.1. The Morgan fingerprint density at radius 1 is 1.32 bits per heavy atom. The lowest BCUT2D eigenvalue weighted by Crippen LogP contribution is -2.48. The molecule has 1 aromatic heterocycles. The third kappa shape index (κ3) is 6.10. The summed E-state index contributed by atoms with van der Waals surface area (Å²) in [6.07, 6.45) is -2.56. The number of nitrogens with one attached hydrogen (secondary N) is 1. The minimum absolute atomic E-state index is 0.0427. The van der Waals surface area contributed by atoms with Gasteiger partial charge in [-0.1, -0.05) is 0 Å². The van der Waals surface area contributed by atoms with Gasteiger partial charge in [0.1, 0.15) is 22.9 Å². The van der Waals surface area contributed by atoms with Gasteiger partial charge in [0.15, 0.2) is 0 Å². The van der Waals surface area contributed by atoms with Crippen LogP contribution in [0.15, 0.2) is 29.1 Å². The lowest BCUT2D eigenvalue weighted by molar-refractivity contribution is 0.0606. The van der Waals surface area contributed by atoms with Gasteiger partial charge in [0.25, 0.3) is 5.56 Å². The molecule has 1 aliphatic rings. The molecule has 0 spiro atoms.